The second-order valence-electron chi connectivity index (χ2n) is 5.15. The molecule has 0 aliphatic heterocycles. The van der Waals surface area contributed by atoms with E-state index in [1.807, 2.05) is 24.1 Å². The maximum atomic E-state index is 12.0. The molecule has 1 aliphatic carbocycles. The number of nitrogens with two attached hydrogens (primary N) is 1. The van der Waals surface area contributed by atoms with Crippen molar-refractivity contribution in [2.24, 2.45) is 11.7 Å². The van der Waals surface area contributed by atoms with E-state index in [1.54, 1.807) is 12.1 Å². The number of nitrogens with zero attached hydrogens (tertiary/aromatic N) is 1. The second-order valence-corrected chi connectivity index (χ2v) is 7.01. The third-order valence-electron chi connectivity index (χ3n) is 3.64. The zero-order valence-corrected chi connectivity index (χ0v) is 12.2. The molecule has 1 aromatic rings. The summed E-state index contributed by atoms with van der Waals surface area (Å²) in [6.07, 6.45) is 2.04. The number of hydrogen-bond donors (Lipinski definition) is 2. The van der Waals surface area contributed by atoms with Gasteiger partial charge in [0, 0.05) is 19.6 Å². The van der Waals surface area contributed by atoms with Crippen LogP contribution in [-0.2, 0) is 10.0 Å². The van der Waals surface area contributed by atoms with E-state index < -0.39 is 10.0 Å². The zero-order valence-electron chi connectivity index (χ0n) is 11.3. The minimum Gasteiger partial charge on any atom is -0.373 e. The van der Waals surface area contributed by atoms with Crippen LogP contribution in [0.1, 0.15) is 12.8 Å². The first-order valence-electron chi connectivity index (χ1n) is 6.43. The molecule has 0 bridgehead atoms. The van der Waals surface area contributed by atoms with Crippen LogP contribution in [-0.4, -0.2) is 35.1 Å². The Morgan fingerprint density at radius 2 is 2.00 bits per heavy atom. The Morgan fingerprint density at radius 1 is 1.37 bits per heavy atom. The van der Waals surface area contributed by atoms with Gasteiger partial charge in [-0.05, 0) is 37.9 Å². The number of anilines is 1. The summed E-state index contributed by atoms with van der Waals surface area (Å²) in [5, 5.41) is 0. The lowest BCUT2D eigenvalue weighted by Gasteiger charge is -2.36. The van der Waals surface area contributed by atoms with E-state index >= 15 is 0 Å². The Bertz CT molecular complexity index is 539. The van der Waals surface area contributed by atoms with Crippen LogP contribution >= 0.6 is 0 Å². The topological polar surface area (TPSA) is 75.4 Å². The van der Waals surface area contributed by atoms with Crippen molar-refractivity contribution < 1.29 is 8.42 Å². The van der Waals surface area contributed by atoms with E-state index in [0.717, 1.165) is 25.1 Å². The Balaban J connectivity index is 2.20. The zero-order chi connectivity index (χ0) is 14.0. The molecule has 19 heavy (non-hydrogen) atoms. The van der Waals surface area contributed by atoms with E-state index in [-0.39, 0.29) is 0 Å². The van der Waals surface area contributed by atoms with E-state index in [0.29, 0.717) is 16.9 Å². The van der Waals surface area contributed by atoms with E-state index in [4.69, 9.17) is 5.73 Å². The molecule has 1 saturated carbocycles. The molecular formula is C13H21N3O2S. The Labute approximate surface area is 114 Å². The van der Waals surface area contributed by atoms with E-state index in [2.05, 4.69) is 4.72 Å². The predicted octanol–water partition coefficient (Wildman–Crippen LogP) is 0.768. The monoisotopic (exact) mass is 283 g/mol. The number of para-hydroxylation sites is 1. The minimum atomic E-state index is -3.43. The van der Waals surface area contributed by atoms with E-state index in [9.17, 15) is 8.42 Å². The Hall–Kier alpha value is -1.11. The van der Waals surface area contributed by atoms with Gasteiger partial charge in [-0.15, -0.1) is 0 Å². The summed E-state index contributed by atoms with van der Waals surface area (Å²) in [5.74, 6) is 0.561. The van der Waals surface area contributed by atoms with Gasteiger partial charge in [0.25, 0.3) is 0 Å². The van der Waals surface area contributed by atoms with Gasteiger partial charge in [-0.1, -0.05) is 12.1 Å². The Morgan fingerprint density at radius 3 is 2.58 bits per heavy atom. The highest BCUT2D eigenvalue weighted by Gasteiger charge is 2.28. The van der Waals surface area contributed by atoms with Crippen LogP contribution in [0.4, 0.5) is 5.69 Å². The van der Waals surface area contributed by atoms with Crippen molar-refractivity contribution in [1.29, 1.82) is 0 Å². The van der Waals surface area contributed by atoms with Crippen LogP contribution in [0.2, 0.25) is 0 Å². The lowest BCUT2D eigenvalue weighted by Crippen LogP contribution is -2.42. The van der Waals surface area contributed by atoms with Crippen molar-refractivity contribution in [3.8, 4) is 0 Å². The van der Waals surface area contributed by atoms with Gasteiger partial charge in [-0.25, -0.2) is 13.1 Å². The summed E-state index contributed by atoms with van der Waals surface area (Å²) in [5.41, 5.74) is 6.51. The lowest BCUT2D eigenvalue weighted by molar-refractivity contribution is 0.271. The molecule has 5 nitrogen and oxygen atoms in total. The first kappa shape index (κ1) is 14.3. The molecule has 106 valence electrons. The van der Waals surface area contributed by atoms with Crippen molar-refractivity contribution in [3.63, 3.8) is 0 Å². The molecule has 2 rings (SSSR count). The molecule has 0 spiro atoms. The van der Waals surface area contributed by atoms with Crippen molar-refractivity contribution >= 4 is 15.7 Å². The van der Waals surface area contributed by atoms with Crippen LogP contribution in [0.25, 0.3) is 0 Å². The number of nitrogens with one attached hydrogen (secondary N) is 1. The summed E-state index contributed by atoms with van der Waals surface area (Å²) in [6.45, 7) is 0.837. The van der Waals surface area contributed by atoms with E-state index in [1.165, 1.54) is 7.05 Å². The summed E-state index contributed by atoms with van der Waals surface area (Å²) in [7, 11) is -0.0734. The van der Waals surface area contributed by atoms with Gasteiger partial charge in [0.1, 0.15) is 4.90 Å². The summed E-state index contributed by atoms with van der Waals surface area (Å²) in [6, 6.07) is 7.37. The van der Waals surface area contributed by atoms with Crippen LogP contribution in [0, 0.1) is 5.92 Å². The first-order chi connectivity index (χ1) is 8.94. The van der Waals surface area contributed by atoms with Crippen LogP contribution in [0.5, 0.6) is 0 Å². The molecule has 0 unspecified atom stereocenters. The maximum Gasteiger partial charge on any atom is 0.242 e. The molecule has 1 fully saturated rings. The largest absolute Gasteiger partial charge is 0.373 e. The number of hydrogen-bond acceptors (Lipinski definition) is 4. The maximum absolute atomic E-state index is 12.0. The fourth-order valence-corrected chi connectivity index (χ4v) is 3.51. The molecule has 0 radical (unpaired) electrons. The smallest absolute Gasteiger partial charge is 0.242 e. The van der Waals surface area contributed by atoms with Crippen LogP contribution in [0.15, 0.2) is 29.2 Å². The fourth-order valence-electron chi connectivity index (χ4n) is 2.53. The first-order valence-corrected chi connectivity index (χ1v) is 7.91. The Kier molecular flexibility index (Phi) is 4.13. The highest BCUT2D eigenvalue weighted by Crippen LogP contribution is 2.30. The number of benzene rings is 1. The molecule has 3 N–H and O–H groups in total. The second kappa shape index (κ2) is 5.48. The molecule has 0 amide bonds. The van der Waals surface area contributed by atoms with Gasteiger partial charge < -0.3 is 10.6 Å². The average Bonchev–Trinajstić information content (AvgIpc) is 2.37. The molecule has 0 aromatic heterocycles. The molecule has 6 heteroatoms. The van der Waals surface area contributed by atoms with Gasteiger partial charge >= 0.3 is 0 Å². The van der Waals surface area contributed by atoms with Crippen molar-refractivity contribution in [2.75, 3.05) is 25.5 Å². The summed E-state index contributed by atoms with van der Waals surface area (Å²) >= 11 is 0. The van der Waals surface area contributed by atoms with Gasteiger partial charge in [-0.3, -0.25) is 0 Å². The van der Waals surface area contributed by atoms with Gasteiger partial charge in [-0.2, -0.15) is 0 Å². The molecule has 0 heterocycles. The van der Waals surface area contributed by atoms with Gasteiger partial charge in [0.05, 0.1) is 5.69 Å². The molecule has 1 aliphatic rings. The fraction of sp³-hybridized carbons (Fsp3) is 0.538. The van der Waals surface area contributed by atoms with Crippen molar-refractivity contribution in [1.82, 2.24) is 4.72 Å². The summed E-state index contributed by atoms with van der Waals surface area (Å²) in [4.78, 5) is 2.32. The molecule has 1 aromatic carbocycles. The van der Waals surface area contributed by atoms with Crippen molar-refractivity contribution in [3.05, 3.63) is 24.3 Å². The number of rotatable bonds is 5. The normalized spacial score (nSPS) is 22.9. The standard InChI is InChI=1S/C13H21N3O2S/c1-15-19(17,18)13-6-4-3-5-12(13)16(2)9-10-7-11(14)8-10/h3-6,10-11,15H,7-9,14H2,1-2H3. The lowest BCUT2D eigenvalue weighted by atomic mass is 9.80. The molecular weight excluding hydrogens is 262 g/mol. The highest BCUT2D eigenvalue weighted by atomic mass is 32.2. The van der Waals surface area contributed by atoms with Gasteiger partial charge in [0.15, 0.2) is 0 Å². The van der Waals surface area contributed by atoms with Crippen molar-refractivity contribution in [2.45, 2.75) is 23.8 Å². The molecule has 0 atom stereocenters. The number of sulfonamides is 1. The highest BCUT2D eigenvalue weighted by molar-refractivity contribution is 7.89. The predicted molar refractivity (Wildman–Crippen MR) is 76.7 cm³/mol. The summed E-state index contributed by atoms with van der Waals surface area (Å²) < 4.78 is 26.3. The van der Waals surface area contributed by atoms with Crippen LogP contribution in [0.3, 0.4) is 0 Å². The van der Waals surface area contributed by atoms with Crippen LogP contribution < -0.4 is 15.4 Å². The van der Waals surface area contributed by atoms with Gasteiger partial charge in [0.2, 0.25) is 10.0 Å². The minimum absolute atomic E-state index is 0.315. The third-order valence-corrected chi connectivity index (χ3v) is 5.10. The molecule has 0 saturated heterocycles. The SMILES string of the molecule is CNS(=O)(=O)c1ccccc1N(C)CC1CC(N)C1. The average molecular weight is 283 g/mol. The quantitative estimate of drug-likeness (QED) is 0.837. The third kappa shape index (κ3) is 3.08.